The van der Waals surface area contributed by atoms with Gasteiger partial charge in [-0.1, -0.05) is 20.8 Å². The molecule has 5 heterocycles. The molecule has 5 fully saturated rings. The number of aliphatic hydroxyl groups excluding tert-OH is 1. The van der Waals surface area contributed by atoms with Crippen LogP contribution in [0.3, 0.4) is 0 Å². The van der Waals surface area contributed by atoms with Crippen LogP contribution in [0, 0.1) is 17.8 Å². The molecule has 5 aliphatic rings. The zero-order chi connectivity index (χ0) is 46.6. The Labute approximate surface area is 378 Å². The van der Waals surface area contributed by atoms with Gasteiger partial charge in [0.2, 0.25) is 23.6 Å². The summed E-state index contributed by atoms with van der Waals surface area (Å²) in [5.41, 5.74) is -2.66. The maximum Gasteiger partial charge on any atom is 0.288 e. The van der Waals surface area contributed by atoms with Crippen LogP contribution < -0.4 is 10.6 Å². The molecule has 0 aliphatic carbocycles. The number of amides is 4. The van der Waals surface area contributed by atoms with Gasteiger partial charge in [0, 0.05) is 52.7 Å². The number of fused-ring (bicyclic) bond motifs is 2. The van der Waals surface area contributed by atoms with Crippen LogP contribution in [0.2, 0.25) is 0 Å². The third kappa shape index (κ3) is 12.2. The predicted molar refractivity (Wildman–Crippen MR) is 237 cm³/mol. The van der Waals surface area contributed by atoms with Crippen molar-refractivity contribution in [2.75, 3.05) is 59.5 Å². The van der Waals surface area contributed by atoms with Crippen LogP contribution in [-0.2, 0) is 47.6 Å². The molecule has 18 nitrogen and oxygen atoms in total. The van der Waals surface area contributed by atoms with Crippen LogP contribution >= 0.6 is 11.8 Å². The number of carbonyl (C=O) groups excluding carboxylic acids is 4. The first kappa shape index (κ1) is 51.2. The van der Waals surface area contributed by atoms with Crippen LogP contribution in [0.25, 0.3) is 0 Å². The summed E-state index contributed by atoms with van der Waals surface area (Å²) in [6, 6.07) is -1.46. The van der Waals surface area contributed by atoms with E-state index < -0.39 is 83.9 Å². The number of thioether (sulfide) groups is 1. The number of carbonyl (C=O) groups is 4. The smallest absolute Gasteiger partial charge is 0.288 e. The maximum absolute atomic E-state index is 14.7. The molecule has 360 valence electrons. The van der Waals surface area contributed by atoms with Crippen LogP contribution in [0.4, 0.5) is 0 Å². The summed E-state index contributed by atoms with van der Waals surface area (Å²) in [5, 5.41) is 29.5. The summed E-state index contributed by atoms with van der Waals surface area (Å²) in [7, 11) is 5.09. The lowest BCUT2D eigenvalue weighted by atomic mass is 9.77. The van der Waals surface area contributed by atoms with Crippen molar-refractivity contribution in [1.82, 2.24) is 25.3 Å². The number of likely N-dealkylation sites (N-methyl/N-ethyl adjacent to an activating group) is 2. The molecule has 0 aromatic rings. The largest absolute Gasteiger partial charge is 0.454 e. The molecule has 0 bridgehead atoms. The van der Waals surface area contributed by atoms with E-state index in [0.717, 1.165) is 0 Å². The number of nitrogens with one attached hydrogen (secondary N) is 2. The van der Waals surface area contributed by atoms with Crippen molar-refractivity contribution in [1.29, 1.82) is 0 Å². The minimum Gasteiger partial charge on any atom is -0.454 e. The molecule has 4 N–H and O–H groups in total. The first-order valence-electron chi connectivity index (χ1n) is 22.7. The Balaban J connectivity index is 1.59. The Kier molecular flexibility index (Phi) is 17.6. The second-order valence-electron chi connectivity index (χ2n) is 19.3. The molecule has 0 radical (unpaired) electrons. The average molecular weight is 913 g/mol. The van der Waals surface area contributed by atoms with E-state index in [9.17, 15) is 29.4 Å². The Morgan fingerprint density at radius 2 is 1.76 bits per heavy atom. The third-order valence-electron chi connectivity index (χ3n) is 13.5. The van der Waals surface area contributed by atoms with Gasteiger partial charge < -0.3 is 64.0 Å². The summed E-state index contributed by atoms with van der Waals surface area (Å²) < 4.78 is 38.7. The molecule has 0 spiro atoms. The third-order valence-corrected chi connectivity index (χ3v) is 14.2. The van der Waals surface area contributed by atoms with Crippen molar-refractivity contribution in [2.45, 2.75) is 172 Å². The highest BCUT2D eigenvalue weighted by Gasteiger charge is 2.54. The Bertz CT molecular complexity index is 1620. The molecular formula is C44H76N6O12S. The molecule has 5 rings (SSSR count). The quantitative estimate of drug-likeness (QED) is 0.260. The van der Waals surface area contributed by atoms with Gasteiger partial charge in [0.25, 0.3) is 6.02 Å². The Morgan fingerprint density at radius 1 is 1.05 bits per heavy atom. The normalized spacial score (nSPS) is 41.1. The fourth-order valence-corrected chi connectivity index (χ4v) is 10.4. The van der Waals surface area contributed by atoms with Crippen LogP contribution in [0.5, 0.6) is 0 Å². The Hall–Kier alpha value is -2.78. The summed E-state index contributed by atoms with van der Waals surface area (Å²) in [6.07, 6.45) is -1.66. The lowest BCUT2D eigenvalue weighted by Gasteiger charge is -2.47. The first-order valence-corrected chi connectivity index (χ1v) is 24.1. The van der Waals surface area contributed by atoms with Gasteiger partial charge in [0.1, 0.15) is 18.2 Å². The molecule has 19 heteroatoms. The monoisotopic (exact) mass is 913 g/mol. The van der Waals surface area contributed by atoms with Gasteiger partial charge in [-0.15, -0.1) is 0 Å². The van der Waals surface area contributed by atoms with Gasteiger partial charge in [-0.05, 0) is 84.6 Å². The lowest BCUT2D eigenvalue weighted by molar-refractivity contribution is -0.303. The number of ether oxygens (including phenoxy) is 6. The molecule has 5 saturated heterocycles. The van der Waals surface area contributed by atoms with E-state index in [-0.39, 0.29) is 68.5 Å². The van der Waals surface area contributed by atoms with Crippen LogP contribution in [0.15, 0.2) is 4.99 Å². The number of methoxy groups -OCH3 is 1. The minimum atomic E-state index is -1.64. The van der Waals surface area contributed by atoms with E-state index in [1.54, 1.807) is 27.8 Å². The highest BCUT2D eigenvalue weighted by Crippen LogP contribution is 2.40. The molecule has 0 aromatic heterocycles. The summed E-state index contributed by atoms with van der Waals surface area (Å²) in [4.78, 5) is 65.9. The molecule has 4 amide bonds. The van der Waals surface area contributed by atoms with E-state index >= 15 is 0 Å². The standard InChI is InChI=1S/C44H76N6O12S/c1-24(2)46-42-49(10)31-18-26(4)59-41(36(31)61-42)62-37-27(5)35(60-34-20-44(8,57-11)32(51)23-58-34)28(6)38(53)47-29(15-17-63-12)40(55)50-16-13-14-30(50)39(54)45-21-33(52)48(9)22-25(3)19-43(37,7)56/h24-32,34-37,41,51,56H,13-23H2,1-12H3,(H,45,54)(H,47,53)/b46-42+/t25-,26-,27+,28-,29+,30+,31?,32+,34+,35-,36-,37-,41+,43-,44-/m1/s1. The SMILES string of the molecule is CO[C@]1(C)C[C@H](O[C@@H]2[C@H](C)[C@@H](O[C@@H]3O[C@H](C)CC4[C@H]3O/C(=N/C(C)C)N4C)[C@](C)(O)C[C@@H](C)CN(C)C(=O)CNC(=O)[C@@H]3CCCN3C(=O)[C@H](CCSC)NC(=O)[C@@H]2C)OC[C@@H]1O. The number of hydrogen-bond acceptors (Lipinski definition) is 14. The molecule has 5 aliphatic heterocycles. The maximum atomic E-state index is 14.7. The summed E-state index contributed by atoms with van der Waals surface area (Å²) in [6.45, 7) is 15.1. The molecule has 63 heavy (non-hydrogen) atoms. The first-order chi connectivity index (χ1) is 29.6. The second kappa shape index (κ2) is 21.7. The highest BCUT2D eigenvalue weighted by molar-refractivity contribution is 7.98. The van der Waals surface area contributed by atoms with Gasteiger partial charge >= 0.3 is 0 Å². The second-order valence-corrected chi connectivity index (χ2v) is 20.3. The molecular weight excluding hydrogens is 837 g/mol. The highest BCUT2D eigenvalue weighted by atomic mass is 32.2. The number of aliphatic imine (C=N–C) groups is 1. The summed E-state index contributed by atoms with van der Waals surface area (Å²) >= 11 is 1.53. The average Bonchev–Trinajstić information content (AvgIpc) is 3.83. The fourth-order valence-electron chi connectivity index (χ4n) is 9.88. The topological polar surface area (TPSA) is 210 Å². The molecule has 1 unspecified atom stereocenters. The van der Waals surface area contributed by atoms with E-state index in [1.165, 1.54) is 28.7 Å². The van der Waals surface area contributed by atoms with Crippen molar-refractivity contribution in [3.8, 4) is 0 Å². The minimum absolute atomic E-state index is 0.0315. The molecule has 0 aromatic carbocycles. The van der Waals surface area contributed by atoms with Crippen molar-refractivity contribution >= 4 is 41.4 Å². The van der Waals surface area contributed by atoms with Gasteiger partial charge in [-0.25, -0.2) is 4.99 Å². The number of aliphatic hydroxyl groups is 2. The lowest BCUT2D eigenvalue weighted by Crippen LogP contribution is -2.59. The van der Waals surface area contributed by atoms with E-state index in [0.29, 0.717) is 44.0 Å². The van der Waals surface area contributed by atoms with E-state index in [2.05, 4.69) is 10.6 Å². The van der Waals surface area contributed by atoms with Gasteiger partial charge in [-0.3, -0.25) is 19.2 Å². The van der Waals surface area contributed by atoms with Gasteiger partial charge in [0.05, 0.1) is 54.6 Å². The zero-order valence-electron chi connectivity index (χ0n) is 39.5. The van der Waals surface area contributed by atoms with Crippen molar-refractivity contribution < 1.29 is 57.8 Å². The number of rotatable bonds is 9. The van der Waals surface area contributed by atoms with Crippen molar-refractivity contribution in [2.24, 2.45) is 22.7 Å². The van der Waals surface area contributed by atoms with Crippen molar-refractivity contribution in [3.05, 3.63) is 0 Å². The van der Waals surface area contributed by atoms with Crippen molar-refractivity contribution in [3.63, 3.8) is 0 Å². The van der Waals surface area contributed by atoms with Crippen LogP contribution in [-0.4, -0.2) is 192 Å². The predicted octanol–water partition coefficient (Wildman–Crippen LogP) is 1.73. The van der Waals surface area contributed by atoms with E-state index in [4.69, 9.17) is 33.4 Å². The zero-order valence-corrected chi connectivity index (χ0v) is 40.4. The number of hydrogen-bond donors (Lipinski definition) is 4. The van der Waals surface area contributed by atoms with Gasteiger partial charge in [-0.2, -0.15) is 11.8 Å². The molecule has 0 saturated carbocycles. The van der Waals surface area contributed by atoms with E-state index in [1.807, 2.05) is 52.8 Å². The van der Waals surface area contributed by atoms with Crippen LogP contribution in [0.1, 0.15) is 93.9 Å². The number of amidine groups is 1. The number of nitrogens with zero attached hydrogens (tertiary/aromatic N) is 4. The Morgan fingerprint density at radius 3 is 2.43 bits per heavy atom. The fraction of sp³-hybridized carbons (Fsp3) is 0.886. The van der Waals surface area contributed by atoms with Gasteiger partial charge in [0.15, 0.2) is 18.7 Å². The summed E-state index contributed by atoms with van der Waals surface area (Å²) in [5.74, 6) is -3.08. The molecule has 15 atom stereocenters.